The normalized spacial score (nSPS) is 9.89. The third-order valence-corrected chi connectivity index (χ3v) is 2.97. The molecule has 0 aromatic heterocycles. The van der Waals surface area contributed by atoms with Crippen LogP contribution in [0.25, 0.3) is 11.1 Å². The van der Waals surface area contributed by atoms with E-state index in [0.717, 1.165) is 6.07 Å². The third kappa shape index (κ3) is 2.37. The van der Waals surface area contributed by atoms with Gasteiger partial charge in [0, 0.05) is 17.2 Å². The lowest BCUT2D eigenvalue weighted by molar-refractivity contribution is 0.0694. The summed E-state index contributed by atoms with van der Waals surface area (Å²) < 4.78 is 0. The first kappa shape index (κ1) is 12.9. The van der Waals surface area contributed by atoms with Crippen LogP contribution in [0.5, 0.6) is 5.75 Å². The minimum atomic E-state index is -1.26. The second-order valence-corrected chi connectivity index (χ2v) is 4.22. The minimum Gasteiger partial charge on any atom is -0.507 e. The number of aromatic hydroxyl groups is 1. The average Bonchev–Trinajstić information content (AvgIpc) is 2.38. The predicted molar refractivity (Wildman–Crippen MR) is 70.2 cm³/mol. The highest BCUT2D eigenvalue weighted by Crippen LogP contribution is 2.35. The molecule has 4 nitrogen and oxygen atoms in total. The molecule has 0 unspecified atom stereocenters. The van der Waals surface area contributed by atoms with Crippen LogP contribution in [0.15, 0.2) is 36.4 Å². The molecule has 2 N–H and O–H groups in total. The van der Waals surface area contributed by atoms with Gasteiger partial charge in [0.05, 0.1) is 16.7 Å². The first-order chi connectivity index (χ1) is 9.04. The van der Waals surface area contributed by atoms with E-state index < -0.39 is 11.7 Å². The van der Waals surface area contributed by atoms with Gasteiger partial charge in [-0.05, 0) is 12.1 Å². The van der Waals surface area contributed by atoms with Crippen molar-refractivity contribution in [2.45, 2.75) is 0 Å². The van der Waals surface area contributed by atoms with Crippen LogP contribution in [0, 0.1) is 11.3 Å². The summed E-state index contributed by atoms with van der Waals surface area (Å²) in [5.41, 5.74) is 1.05. The molecule has 0 bridgehead atoms. The Kier molecular flexibility index (Phi) is 3.41. The van der Waals surface area contributed by atoms with Crippen molar-refractivity contribution in [1.82, 2.24) is 0 Å². The SMILES string of the molecule is N#Cc1ccccc1-c1cc(C(=O)O)c(O)cc1Cl. The van der Waals surface area contributed by atoms with Gasteiger partial charge in [0.15, 0.2) is 0 Å². The summed E-state index contributed by atoms with van der Waals surface area (Å²) in [4.78, 5) is 11.0. The monoisotopic (exact) mass is 273 g/mol. The van der Waals surface area contributed by atoms with Crippen molar-refractivity contribution in [3.05, 3.63) is 52.5 Å². The second-order valence-electron chi connectivity index (χ2n) is 3.81. The number of nitrogens with zero attached hydrogens (tertiary/aromatic N) is 1. The fourth-order valence-corrected chi connectivity index (χ4v) is 2.02. The Balaban J connectivity index is 2.73. The highest BCUT2D eigenvalue weighted by Gasteiger charge is 2.16. The Morgan fingerprint density at radius 3 is 2.53 bits per heavy atom. The molecular formula is C14H8ClNO3. The van der Waals surface area contributed by atoms with Crippen LogP contribution in [0.2, 0.25) is 5.02 Å². The van der Waals surface area contributed by atoms with Crippen LogP contribution in [-0.4, -0.2) is 16.2 Å². The molecule has 0 heterocycles. The average molecular weight is 274 g/mol. The zero-order valence-electron chi connectivity index (χ0n) is 9.59. The molecule has 0 radical (unpaired) electrons. The number of nitriles is 1. The number of carboxylic acids is 1. The van der Waals surface area contributed by atoms with Gasteiger partial charge in [0.1, 0.15) is 11.3 Å². The number of rotatable bonds is 2. The van der Waals surface area contributed by atoms with Gasteiger partial charge in [0.2, 0.25) is 0 Å². The van der Waals surface area contributed by atoms with Crippen LogP contribution < -0.4 is 0 Å². The Labute approximate surface area is 114 Å². The minimum absolute atomic E-state index is 0.185. The summed E-state index contributed by atoms with van der Waals surface area (Å²) in [5, 5.41) is 27.7. The van der Waals surface area contributed by atoms with Crippen LogP contribution in [0.4, 0.5) is 0 Å². The summed E-state index contributed by atoms with van der Waals surface area (Å²) in [6.45, 7) is 0. The molecule has 0 fully saturated rings. The van der Waals surface area contributed by atoms with Crippen LogP contribution >= 0.6 is 11.6 Å². The molecule has 0 aliphatic rings. The molecule has 0 aliphatic carbocycles. The van der Waals surface area contributed by atoms with E-state index in [1.54, 1.807) is 24.3 Å². The van der Waals surface area contributed by atoms with Crippen molar-refractivity contribution in [1.29, 1.82) is 5.26 Å². The maximum atomic E-state index is 11.0. The lowest BCUT2D eigenvalue weighted by Crippen LogP contribution is -1.98. The molecule has 0 atom stereocenters. The predicted octanol–water partition coefficient (Wildman–Crippen LogP) is 3.28. The van der Waals surface area contributed by atoms with E-state index >= 15 is 0 Å². The number of phenols is 1. The van der Waals surface area contributed by atoms with E-state index in [2.05, 4.69) is 0 Å². The summed E-state index contributed by atoms with van der Waals surface area (Å²) in [7, 11) is 0. The highest BCUT2D eigenvalue weighted by atomic mass is 35.5. The zero-order chi connectivity index (χ0) is 14.0. The topological polar surface area (TPSA) is 81.3 Å². The van der Waals surface area contributed by atoms with Gasteiger partial charge in [-0.25, -0.2) is 4.79 Å². The Bertz CT molecular complexity index is 704. The van der Waals surface area contributed by atoms with E-state index in [1.807, 2.05) is 6.07 Å². The Morgan fingerprint density at radius 2 is 1.89 bits per heavy atom. The lowest BCUT2D eigenvalue weighted by atomic mass is 9.98. The summed E-state index contributed by atoms with van der Waals surface area (Å²) in [6.07, 6.45) is 0. The number of hydrogen-bond acceptors (Lipinski definition) is 3. The zero-order valence-corrected chi connectivity index (χ0v) is 10.3. The van der Waals surface area contributed by atoms with Crippen molar-refractivity contribution in [3.63, 3.8) is 0 Å². The first-order valence-corrected chi connectivity index (χ1v) is 5.67. The number of carbonyl (C=O) groups is 1. The summed E-state index contributed by atoms with van der Waals surface area (Å²) in [5.74, 6) is -1.67. The fraction of sp³-hybridized carbons (Fsp3) is 0. The van der Waals surface area contributed by atoms with E-state index in [-0.39, 0.29) is 10.6 Å². The van der Waals surface area contributed by atoms with Gasteiger partial charge < -0.3 is 10.2 Å². The number of aromatic carboxylic acids is 1. The van der Waals surface area contributed by atoms with Gasteiger partial charge >= 0.3 is 5.97 Å². The largest absolute Gasteiger partial charge is 0.507 e. The molecule has 2 aromatic rings. The molecule has 0 saturated carbocycles. The standard InChI is InChI=1S/C14H8ClNO3/c15-12-6-13(17)11(14(18)19)5-10(12)9-4-2-1-3-8(9)7-16/h1-6,17H,(H,18,19). The Hall–Kier alpha value is -2.51. The number of halogens is 1. The molecule has 5 heteroatoms. The molecule has 19 heavy (non-hydrogen) atoms. The third-order valence-electron chi connectivity index (χ3n) is 2.65. The highest BCUT2D eigenvalue weighted by molar-refractivity contribution is 6.33. The quantitative estimate of drug-likeness (QED) is 0.880. The van der Waals surface area contributed by atoms with Crippen molar-refractivity contribution in [2.24, 2.45) is 0 Å². The van der Waals surface area contributed by atoms with Gasteiger partial charge in [-0.2, -0.15) is 5.26 Å². The van der Waals surface area contributed by atoms with Crippen molar-refractivity contribution < 1.29 is 15.0 Å². The molecular weight excluding hydrogens is 266 g/mol. The fourth-order valence-electron chi connectivity index (χ4n) is 1.76. The molecule has 2 rings (SSSR count). The summed E-state index contributed by atoms with van der Waals surface area (Å²) in [6, 6.07) is 11.1. The molecule has 0 saturated heterocycles. The van der Waals surface area contributed by atoms with E-state index in [0.29, 0.717) is 16.7 Å². The smallest absolute Gasteiger partial charge is 0.339 e. The maximum Gasteiger partial charge on any atom is 0.339 e. The van der Waals surface area contributed by atoms with Crippen molar-refractivity contribution >= 4 is 17.6 Å². The van der Waals surface area contributed by atoms with E-state index in [9.17, 15) is 9.90 Å². The molecule has 0 amide bonds. The van der Waals surface area contributed by atoms with Gasteiger partial charge in [-0.1, -0.05) is 29.8 Å². The molecule has 0 spiro atoms. The van der Waals surface area contributed by atoms with Crippen LogP contribution in [0.3, 0.4) is 0 Å². The second kappa shape index (κ2) is 5.01. The molecule has 2 aromatic carbocycles. The van der Waals surface area contributed by atoms with Crippen molar-refractivity contribution in [2.75, 3.05) is 0 Å². The van der Waals surface area contributed by atoms with Crippen molar-refractivity contribution in [3.8, 4) is 22.9 Å². The molecule has 94 valence electrons. The number of carboxylic acid groups (broad SMARTS) is 1. The van der Waals surface area contributed by atoms with Crippen LogP contribution in [-0.2, 0) is 0 Å². The number of benzene rings is 2. The van der Waals surface area contributed by atoms with E-state index in [1.165, 1.54) is 6.07 Å². The maximum absolute atomic E-state index is 11.0. The van der Waals surface area contributed by atoms with Gasteiger partial charge in [0.25, 0.3) is 0 Å². The lowest BCUT2D eigenvalue weighted by Gasteiger charge is -2.09. The van der Waals surface area contributed by atoms with Gasteiger partial charge in [-0.15, -0.1) is 0 Å². The van der Waals surface area contributed by atoms with Crippen LogP contribution in [0.1, 0.15) is 15.9 Å². The first-order valence-electron chi connectivity index (χ1n) is 5.30. The summed E-state index contributed by atoms with van der Waals surface area (Å²) >= 11 is 6.01. The molecule has 0 aliphatic heterocycles. The van der Waals surface area contributed by atoms with E-state index in [4.69, 9.17) is 22.0 Å². The Morgan fingerprint density at radius 1 is 1.21 bits per heavy atom. The number of hydrogen-bond donors (Lipinski definition) is 2. The van der Waals surface area contributed by atoms with Gasteiger partial charge in [-0.3, -0.25) is 0 Å².